The molecule has 0 saturated carbocycles. The van der Waals surface area contributed by atoms with E-state index < -0.39 is 0 Å². The molecule has 1 aromatic rings. The minimum absolute atomic E-state index is 0.531. The lowest BCUT2D eigenvalue weighted by Crippen LogP contribution is -2.39. The number of pyridine rings is 1. The lowest BCUT2D eigenvalue weighted by Gasteiger charge is -2.24. The second kappa shape index (κ2) is 7.49. The Bertz CT molecular complexity index is 320. The van der Waals surface area contributed by atoms with E-state index in [4.69, 9.17) is 0 Å². The van der Waals surface area contributed by atoms with Crippen molar-refractivity contribution < 1.29 is 0 Å². The molecule has 0 saturated heterocycles. The van der Waals surface area contributed by atoms with Gasteiger partial charge in [-0.1, -0.05) is 19.9 Å². The van der Waals surface area contributed by atoms with Crippen LogP contribution in [0.5, 0.6) is 0 Å². The lowest BCUT2D eigenvalue weighted by atomic mass is 10.0. The second-order valence-electron chi connectivity index (χ2n) is 5.80. The number of hydrogen-bond donors (Lipinski definition) is 1. The summed E-state index contributed by atoms with van der Waals surface area (Å²) < 4.78 is 0. The summed E-state index contributed by atoms with van der Waals surface area (Å²) in [5.74, 6) is 0.716. The summed E-state index contributed by atoms with van der Waals surface area (Å²) in [5.41, 5.74) is 2.33. The molecule has 102 valence electrons. The summed E-state index contributed by atoms with van der Waals surface area (Å²) >= 11 is 0. The Hall–Kier alpha value is -0.930. The molecular weight excluding hydrogens is 222 g/mol. The molecule has 1 N–H and O–H groups in total. The minimum atomic E-state index is 0.531. The molecule has 1 heterocycles. The van der Waals surface area contributed by atoms with Crippen molar-refractivity contribution in [1.82, 2.24) is 15.2 Å². The summed E-state index contributed by atoms with van der Waals surface area (Å²) in [7, 11) is 4.25. The molecule has 3 heteroatoms. The maximum atomic E-state index is 4.43. The molecule has 0 amide bonds. The fourth-order valence-corrected chi connectivity index (χ4v) is 2.08. The number of likely N-dealkylation sites (N-methyl/N-ethyl adjacent to an activating group) is 1. The lowest BCUT2D eigenvalue weighted by molar-refractivity contribution is 0.304. The van der Waals surface area contributed by atoms with Crippen LogP contribution in [-0.2, 0) is 6.54 Å². The third-order valence-electron chi connectivity index (χ3n) is 2.89. The predicted octanol–water partition coefficient (Wildman–Crippen LogP) is 2.46. The van der Waals surface area contributed by atoms with E-state index in [0.717, 1.165) is 18.8 Å². The van der Waals surface area contributed by atoms with Crippen LogP contribution in [0.1, 0.15) is 31.5 Å². The highest BCUT2D eigenvalue weighted by Gasteiger charge is 2.11. The van der Waals surface area contributed by atoms with Gasteiger partial charge in [0, 0.05) is 25.3 Å². The molecule has 0 aromatic carbocycles. The van der Waals surface area contributed by atoms with Crippen LogP contribution in [0, 0.1) is 12.8 Å². The second-order valence-corrected chi connectivity index (χ2v) is 5.80. The molecule has 0 aliphatic heterocycles. The monoisotopic (exact) mass is 249 g/mol. The average Bonchev–Trinajstić information content (AvgIpc) is 2.26. The van der Waals surface area contributed by atoms with E-state index in [1.807, 2.05) is 6.20 Å². The van der Waals surface area contributed by atoms with Crippen molar-refractivity contribution >= 4 is 0 Å². The van der Waals surface area contributed by atoms with Gasteiger partial charge in [-0.2, -0.15) is 0 Å². The maximum Gasteiger partial charge on any atom is 0.0541 e. The Kier molecular flexibility index (Phi) is 6.30. The van der Waals surface area contributed by atoms with Gasteiger partial charge in [-0.05, 0) is 45.0 Å². The summed E-state index contributed by atoms with van der Waals surface area (Å²) in [6, 6.07) is 4.75. The number of nitrogens with zero attached hydrogens (tertiary/aromatic N) is 2. The molecule has 1 rings (SSSR count). The van der Waals surface area contributed by atoms with Gasteiger partial charge in [0.2, 0.25) is 0 Å². The molecule has 1 unspecified atom stereocenters. The van der Waals surface area contributed by atoms with Gasteiger partial charge in [-0.25, -0.2) is 0 Å². The van der Waals surface area contributed by atoms with Crippen molar-refractivity contribution in [1.29, 1.82) is 0 Å². The van der Waals surface area contributed by atoms with Crippen molar-refractivity contribution in [2.24, 2.45) is 5.92 Å². The predicted molar refractivity (Wildman–Crippen MR) is 77.6 cm³/mol. The van der Waals surface area contributed by atoms with Gasteiger partial charge in [0.05, 0.1) is 5.69 Å². The molecule has 0 spiro atoms. The van der Waals surface area contributed by atoms with Crippen molar-refractivity contribution in [2.45, 2.75) is 39.8 Å². The zero-order valence-corrected chi connectivity index (χ0v) is 12.4. The van der Waals surface area contributed by atoms with Crippen LogP contribution in [0.25, 0.3) is 0 Å². The summed E-state index contributed by atoms with van der Waals surface area (Å²) in [6.45, 7) is 8.54. The van der Waals surface area contributed by atoms with Crippen molar-refractivity contribution in [2.75, 3.05) is 20.6 Å². The largest absolute Gasteiger partial charge is 0.308 e. The van der Waals surface area contributed by atoms with Gasteiger partial charge < -0.3 is 10.2 Å². The van der Waals surface area contributed by atoms with E-state index in [-0.39, 0.29) is 0 Å². The average molecular weight is 249 g/mol. The van der Waals surface area contributed by atoms with Gasteiger partial charge >= 0.3 is 0 Å². The van der Waals surface area contributed by atoms with Crippen LogP contribution in [0.2, 0.25) is 0 Å². The van der Waals surface area contributed by atoms with Crippen LogP contribution < -0.4 is 5.32 Å². The third kappa shape index (κ3) is 6.12. The van der Waals surface area contributed by atoms with Gasteiger partial charge in [-0.3, -0.25) is 4.98 Å². The number of hydrogen-bond acceptors (Lipinski definition) is 3. The number of aromatic nitrogens is 1. The topological polar surface area (TPSA) is 28.2 Å². The fourth-order valence-electron chi connectivity index (χ4n) is 2.08. The standard InChI is InChI=1S/C15H27N3/c1-12(2)8-15(11-18(4)5)17-10-14-7-6-13(3)9-16-14/h6-7,9,12,15,17H,8,10-11H2,1-5H3. The molecule has 0 bridgehead atoms. The maximum absolute atomic E-state index is 4.43. The molecule has 18 heavy (non-hydrogen) atoms. The van der Waals surface area contributed by atoms with Crippen molar-refractivity contribution in [3.63, 3.8) is 0 Å². The Morgan fingerprint density at radius 2 is 2.00 bits per heavy atom. The highest BCUT2D eigenvalue weighted by Crippen LogP contribution is 2.07. The zero-order valence-electron chi connectivity index (χ0n) is 12.4. The van der Waals surface area contributed by atoms with E-state index >= 15 is 0 Å². The van der Waals surface area contributed by atoms with Gasteiger partial charge in [0.15, 0.2) is 0 Å². The first-order valence-electron chi connectivity index (χ1n) is 6.77. The normalized spacial score (nSPS) is 13.3. The van der Waals surface area contributed by atoms with E-state index in [9.17, 15) is 0 Å². The minimum Gasteiger partial charge on any atom is -0.308 e. The molecule has 0 radical (unpaired) electrons. The molecule has 3 nitrogen and oxygen atoms in total. The molecule has 0 fully saturated rings. The summed E-state index contributed by atoms with van der Waals surface area (Å²) in [4.78, 5) is 6.67. The summed E-state index contributed by atoms with van der Waals surface area (Å²) in [6.07, 6.45) is 3.13. The molecular formula is C15H27N3. The molecule has 1 atom stereocenters. The highest BCUT2D eigenvalue weighted by molar-refractivity contribution is 5.12. The number of rotatable bonds is 7. The van der Waals surface area contributed by atoms with Gasteiger partial charge in [0.25, 0.3) is 0 Å². The smallest absolute Gasteiger partial charge is 0.0541 e. The third-order valence-corrected chi connectivity index (χ3v) is 2.89. The van der Waals surface area contributed by atoms with Crippen molar-refractivity contribution in [3.8, 4) is 0 Å². The summed E-state index contributed by atoms with van der Waals surface area (Å²) in [5, 5.41) is 3.61. The Labute approximate surface area is 112 Å². The SMILES string of the molecule is Cc1ccc(CNC(CC(C)C)CN(C)C)nc1. The zero-order chi connectivity index (χ0) is 13.5. The number of aryl methyl sites for hydroxylation is 1. The molecule has 0 aliphatic carbocycles. The Morgan fingerprint density at radius 1 is 1.28 bits per heavy atom. The van der Waals surface area contributed by atoms with Gasteiger partial charge in [-0.15, -0.1) is 0 Å². The van der Waals surface area contributed by atoms with E-state index in [1.54, 1.807) is 0 Å². The van der Waals surface area contributed by atoms with E-state index in [1.165, 1.54) is 12.0 Å². The molecule has 1 aromatic heterocycles. The van der Waals surface area contributed by atoms with Crippen LogP contribution in [0.15, 0.2) is 18.3 Å². The van der Waals surface area contributed by atoms with E-state index in [2.05, 4.69) is 62.2 Å². The molecule has 0 aliphatic rings. The highest BCUT2D eigenvalue weighted by atomic mass is 15.1. The Balaban J connectivity index is 2.47. The first kappa shape index (κ1) is 15.1. The number of nitrogens with one attached hydrogen (secondary N) is 1. The van der Waals surface area contributed by atoms with E-state index in [0.29, 0.717) is 12.0 Å². The van der Waals surface area contributed by atoms with Gasteiger partial charge in [0.1, 0.15) is 0 Å². The van der Waals surface area contributed by atoms with Crippen LogP contribution in [0.3, 0.4) is 0 Å². The quantitative estimate of drug-likeness (QED) is 0.804. The van der Waals surface area contributed by atoms with Crippen LogP contribution in [0.4, 0.5) is 0 Å². The van der Waals surface area contributed by atoms with Crippen LogP contribution >= 0.6 is 0 Å². The first-order valence-corrected chi connectivity index (χ1v) is 6.77. The van der Waals surface area contributed by atoms with Crippen molar-refractivity contribution in [3.05, 3.63) is 29.6 Å². The fraction of sp³-hybridized carbons (Fsp3) is 0.667. The first-order chi connectivity index (χ1) is 8.47. The Morgan fingerprint density at radius 3 is 2.50 bits per heavy atom. The van der Waals surface area contributed by atoms with Crippen LogP contribution in [-0.4, -0.2) is 36.6 Å².